The van der Waals surface area contributed by atoms with Crippen molar-refractivity contribution in [2.45, 2.75) is 92.1 Å². The Hall–Kier alpha value is -2.24. The molecule has 0 amide bonds. The van der Waals surface area contributed by atoms with Crippen LogP contribution in [-0.4, -0.2) is 36.0 Å². The fraction of sp³-hybridized carbons (Fsp3) is 0.750. The molecule has 0 aromatic rings. The number of hydrogen-bond donors (Lipinski definition) is 0. The summed E-state index contributed by atoms with van der Waals surface area (Å²) < 4.78 is 11.4. The van der Waals surface area contributed by atoms with E-state index >= 15 is 0 Å². The molecule has 208 valence electrons. The van der Waals surface area contributed by atoms with Gasteiger partial charge in [-0.25, -0.2) is 0 Å². The lowest BCUT2D eigenvalue weighted by molar-refractivity contribution is -0.146. The summed E-state index contributed by atoms with van der Waals surface area (Å²) in [6.07, 6.45) is 11.5. The van der Waals surface area contributed by atoms with E-state index in [-0.39, 0.29) is 58.2 Å². The predicted molar refractivity (Wildman–Crippen MR) is 143 cm³/mol. The Morgan fingerprint density at radius 1 is 1.11 bits per heavy atom. The van der Waals surface area contributed by atoms with Crippen molar-refractivity contribution < 1.29 is 28.7 Å². The average Bonchev–Trinajstić information content (AvgIpc) is 3.43. The number of hydrogen-bond acceptors (Lipinski definition) is 6. The quantitative estimate of drug-likeness (QED) is 0.221. The number of ketones is 3. The number of carbonyl (C=O) groups is 4. The number of carbonyl (C=O) groups excluding carboxylic acids is 4. The molecule has 38 heavy (non-hydrogen) atoms. The number of allylic oxidation sites excluding steroid dienone is 3. The zero-order valence-corrected chi connectivity index (χ0v) is 23.7. The maximum absolute atomic E-state index is 13.6. The van der Waals surface area contributed by atoms with E-state index in [0.717, 1.165) is 32.1 Å². The highest BCUT2D eigenvalue weighted by Gasteiger charge is 2.78. The summed E-state index contributed by atoms with van der Waals surface area (Å²) in [5.74, 6) is 0.276. The third-order valence-electron chi connectivity index (χ3n) is 11.6. The van der Waals surface area contributed by atoms with Crippen molar-refractivity contribution in [3.05, 3.63) is 24.5 Å². The van der Waals surface area contributed by atoms with Crippen LogP contribution in [0.2, 0.25) is 0 Å². The molecule has 0 aromatic heterocycles. The van der Waals surface area contributed by atoms with Gasteiger partial charge in [-0.05, 0) is 91.9 Å². The van der Waals surface area contributed by atoms with Gasteiger partial charge in [0.2, 0.25) is 11.6 Å². The Kier molecular flexibility index (Phi) is 6.79. The van der Waals surface area contributed by atoms with E-state index in [9.17, 15) is 19.2 Å². The van der Waals surface area contributed by atoms with Gasteiger partial charge in [0.1, 0.15) is 6.10 Å². The highest BCUT2D eigenvalue weighted by Crippen LogP contribution is 2.84. The van der Waals surface area contributed by atoms with Crippen LogP contribution in [0.1, 0.15) is 86.0 Å². The van der Waals surface area contributed by atoms with Crippen LogP contribution in [0, 0.1) is 51.8 Å². The Balaban J connectivity index is 1.39. The van der Waals surface area contributed by atoms with Crippen molar-refractivity contribution in [2.24, 2.45) is 51.8 Å². The lowest BCUT2D eigenvalue weighted by atomic mass is 9.49. The first kappa shape index (κ1) is 27.3. The molecule has 4 fully saturated rings. The summed E-state index contributed by atoms with van der Waals surface area (Å²) in [7, 11) is 0. The second kappa shape index (κ2) is 9.45. The van der Waals surface area contributed by atoms with Gasteiger partial charge in [0, 0.05) is 31.1 Å². The minimum Gasteiger partial charge on any atom is -0.495 e. The summed E-state index contributed by atoms with van der Waals surface area (Å²) in [4.78, 5) is 50.1. The van der Waals surface area contributed by atoms with Crippen LogP contribution in [-0.2, 0) is 28.7 Å². The van der Waals surface area contributed by atoms with Crippen molar-refractivity contribution in [3.63, 3.8) is 0 Å². The van der Waals surface area contributed by atoms with Crippen LogP contribution >= 0.6 is 0 Å². The molecule has 6 heteroatoms. The highest BCUT2D eigenvalue weighted by atomic mass is 16.5. The Morgan fingerprint density at radius 3 is 2.53 bits per heavy atom. The fourth-order valence-electron chi connectivity index (χ4n) is 9.93. The fourth-order valence-corrected chi connectivity index (χ4v) is 9.93. The van der Waals surface area contributed by atoms with Crippen LogP contribution in [0.5, 0.6) is 0 Å². The van der Waals surface area contributed by atoms with Crippen molar-refractivity contribution in [1.29, 1.82) is 0 Å². The van der Waals surface area contributed by atoms with Crippen LogP contribution in [0.25, 0.3) is 0 Å². The molecule has 6 nitrogen and oxygen atoms in total. The first-order valence-electron chi connectivity index (χ1n) is 14.6. The van der Waals surface area contributed by atoms with Gasteiger partial charge in [-0.1, -0.05) is 33.4 Å². The first-order chi connectivity index (χ1) is 17.9. The largest absolute Gasteiger partial charge is 0.495 e. The lowest BCUT2D eigenvalue weighted by Crippen LogP contribution is -2.50. The number of rotatable bonds is 9. The molecule has 10 atom stereocenters. The molecule has 0 saturated heterocycles. The van der Waals surface area contributed by atoms with Crippen molar-refractivity contribution >= 4 is 23.3 Å². The van der Waals surface area contributed by atoms with E-state index in [1.165, 1.54) is 13.3 Å². The Labute approximate surface area is 227 Å². The molecule has 0 N–H and O–H groups in total. The molecule has 5 rings (SSSR count). The minimum atomic E-state index is -0.494. The van der Waals surface area contributed by atoms with Crippen LogP contribution in [0.15, 0.2) is 24.5 Å². The van der Waals surface area contributed by atoms with Gasteiger partial charge >= 0.3 is 5.97 Å². The lowest BCUT2D eigenvalue weighted by Gasteiger charge is -2.54. The molecule has 0 radical (unpaired) electrons. The first-order valence-corrected chi connectivity index (χ1v) is 14.6. The molecule has 5 aliphatic carbocycles. The molecule has 0 heterocycles. The topological polar surface area (TPSA) is 86.7 Å². The molecule has 0 aliphatic heterocycles. The van der Waals surface area contributed by atoms with Gasteiger partial charge in [-0.3, -0.25) is 19.2 Å². The Morgan fingerprint density at radius 2 is 1.84 bits per heavy atom. The Bertz CT molecular complexity index is 1090. The molecule has 5 aliphatic rings. The number of Topliss-reactive ketones (excluding diaryl/α,β-unsaturated/α-hetero) is 2. The van der Waals surface area contributed by atoms with Crippen LogP contribution < -0.4 is 0 Å². The summed E-state index contributed by atoms with van der Waals surface area (Å²) in [6, 6.07) is 0. The molecule has 2 spiro atoms. The van der Waals surface area contributed by atoms with Crippen LogP contribution in [0.3, 0.4) is 0 Å². The molecule has 0 aromatic carbocycles. The van der Waals surface area contributed by atoms with Gasteiger partial charge in [0.15, 0.2) is 5.78 Å². The summed E-state index contributed by atoms with van der Waals surface area (Å²) in [5.41, 5.74) is 0.355. The van der Waals surface area contributed by atoms with Crippen LogP contribution in [0.4, 0.5) is 0 Å². The number of fused-ring (bicyclic) bond motifs is 2. The van der Waals surface area contributed by atoms with Gasteiger partial charge < -0.3 is 9.47 Å². The van der Waals surface area contributed by atoms with E-state index < -0.39 is 11.8 Å². The van der Waals surface area contributed by atoms with E-state index in [4.69, 9.17) is 9.47 Å². The normalized spacial score (nSPS) is 42.0. The van der Waals surface area contributed by atoms with E-state index in [0.29, 0.717) is 36.4 Å². The van der Waals surface area contributed by atoms with Gasteiger partial charge in [-0.15, -0.1) is 0 Å². The third-order valence-corrected chi connectivity index (χ3v) is 11.6. The van der Waals surface area contributed by atoms with Crippen molar-refractivity contribution in [1.82, 2.24) is 0 Å². The van der Waals surface area contributed by atoms with Gasteiger partial charge in [0.05, 0.1) is 12.4 Å². The summed E-state index contributed by atoms with van der Waals surface area (Å²) >= 11 is 0. The van der Waals surface area contributed by atoms with E-state index in [2.05, 4.69) is 19.6 Å². The second-order valence-corrected chi connectivity index (χ2v) is 13.5. The zero-order chi connectivity index (χ0) is 27.6. The molecule has 10 unspecified atom stereocenters. The maximum Gasteiger partial charge on any atom is 0.302 e. The third kappa shape index (κ3) is 4.03. The molecular weight excluding hydrogens is 480 g/mol. The second-order valence-electron chi connectivity index (χ2n) is 13.5. The predicted octanol–water partition coefficient (Wildman–Crippen LogP) is 5.64. The highest BCUT2D eigenvalue weighted by molar-refractivity contribution is 6.38. The van der Waals surface area contributed by atoms with Gasteiger partial charge in [-0.2, -0.15) is 0 Å². The molecular formula is C32H44O6. The van der Waals surface area contributed by atoms with E-state index in [1.54, 1.807) is 6.92 Å². The van der Waals surface area contributed by atoms with Crippen molar-refractivity contribution in [3.8, 4) is 0 Å². The average molecular weight is 525 g/mol. The number of ether oxygens (including phenoxy) is 2. The maximum atomic E-state index is 13.6. The molecule has 0 bridgehead atoms. The smallest absolute Gasteiger partial charge is 0.302 e. The molecule has 4 saturated carbocycles. The zero-order valence-electron chi connectivity index (χ0n) is 23.7. The van der Waals surface area contributed by atoms with Crippen molar-refractivity contribution in [2.75, 3.05) is 6.61 Å². The summed E-state index contributed by atoms with van der Waals surface area (Å²) in [6.45, 7) is 13.4. The van der Waals surface area contributed by atoms with Gasteiger partial charge in [0.25, 0.3) is 0 Å². The summed E-state index contributed by atoms with van der Waals surface area (Å²) in [5, 5.41) is 0. The SMILES string of the molecule is C=C(C)OC1CC2C3CCC4CC(=O)C=CC45CC35CCC2(C)C1C(C)C(=O)C(=O)C(C)CCOC(C)=O. The minimum absolute atomic E-state index is 0.0606. The van der Waals surface area contributed by atoms with E-state index in [1.807, 2.05) is 19.9 Å². The monoisotopic (exact) mass is 524 g/mol. The standard InChI is InChI=1S/C32H44O6/c1-18(2)38-26-16-25-24-8-7-22-15-23(34)9-11-31(22)17-32(24,31)13-12-30(25,6)27(26)20(4)29(36)28(35)19(3)10-14-37-21(5)33/h9,11,19-20,22,24-27H,1,7-8,10,12-17H2,2-6H3. The number of esters is 1.